The van der Waals surface area contributed by atoms with Crippen LogP contribution >= 0.6 is 0 Å². The third kappa shape index (κ3) is 3.33. The molecular weight excluding hydrogens is 246 g/mol. The summed E-state index contributed by atoms with van der Waals surface area (Å²) in [6.07, 6.45) is 0. The molecule has 0 radical (unpaired) electrons. The molecule has 0 aliphatic rings. The normalized spacial score (nSPS) is 11.1. The van der Waals surface area contributed by atoms with E-state index in [9.17, 15) is 13.2 Å². The average Bonchev–Trinajstić information content (AvgIpc) is 2.26. The number of primary amides is 1. The predicted molar refractivity (Wildman–Crippen MR) is 61.8 cm³/mol. The molecule has 0 heterocycles. The number of methoxy groups -OCH3 is 1. The van der Waals surface area contributed by atoms with E-state index >= 15 is 0 Å². The van der Waals surface area contributed by atoms with E-state index in [2.05, 4.69) is 0 Å². The molecule has 17 heavy (non-hydrogen) atoms. The van der Waals surface area contributed by atoms with Crippen LogP contribution in [-0.2, 0) is 14.8 Å². The number of nitrogens with one attached hydrogen (secondary N) is 1. The maximum absolute atomic E-state index is 11.8. The molecule has 5 N–H and O–H groups in total. The maximum Gasteiger partial charge on any atom is 0.244 e. The summed E-state index contributed by atoms with van der Waals surface area (Å²) < 4.78 is 30.5. The molecule has 0 unspecified atom stereocenters. The molecule has 0 fully saturated rings. The Labute approximate surface area is 98.8 Å². The standard InChI is InChI=1S/C9H13N3O4S/c1-16-7-4-6(10)2-3-8(7)17(14,15)12-5-9(11)13/h2-4,12H,5,10H2,1H3,(H2,11,13). The van der Waals surface area contributed by atoms with Crippen LogP contribution in [0.2, 0.25) is 0 Å². The van der Waals surface area contributed by atoms with Gasteiger partial charge in [-0.2, -0.15) is 0 Å². The first-order chi connectivity index (χ1) is 7.86. The molecule has 8 heteroatoms. The number of nitrogens with two attached hydrogens (primary N) is 2. The minimum absolute atomic E-state index is 0.0990. The van der Waals surface area contributed by atoms with Gasteiger partial charge in [0.05, 0.1) is 13.7 Å². The van der Waals surface area contributed by atoms with Crippen LogP contribution in [0.3, 0.4) is 0 Å². The predicted octanol–water partition coefficient (Wildman–Crippen LogP) is -0.959. The van der Waals surface area contributed by atoms with Gasteiger partial charge in [-0.1, -0.05) is 0 Å². The number of carbonyl (C=O) groups excluding carboxylic acids is 1. The van der Waals surface area contributed by atoms with E-state index in [0.717, 1.165) is 0 Å². The summed E-state index contributed by atoms with van der Waals surface area (Å²) >= 11 is 0. The third-order valence-electron chi connectivity index (χ3n) is 1.91. The number of benzene rings is 1. The van der Waals surface area contributed by atoms with E-state index in [1.54, 1.807) is 0 Å². The van der Waals surface area contributed by atoms with Gasteiger partial charge in [-0.25, -0.2) is 13.1 Å². The lowest BCUT2D eigenvalue weighted by Gasteiger charge is -2.10. The average molecular weight is 259 g/mol. The Morgan fingerprint density at radius 3 is 2.65 bits per heavy atom. The van der Waals surface area contributed by atoms with Crippen molar-refractivity contribution in [2.75, 3.05) is 19.4 Å². The largest absolute Gasteiger partial charge is 0.495 e. The molecule has 1 amide bonds. The quantitative estimate of drug-likeness (QED) is 0.587. The fourth-order valence-electron chi connectivity index (χ4n) is 1.15. The second kappa shape index (κ2) is 5.02. The fourth-order valence-corrected chi connectivity index (χ4v) is 2.29. The SMILES string of the molecule is COc1cc(N)ccc1S(=O)(=O)NCC(N)=O. The van der Waals surface area contributed by atoms with Gasteiger partial charge in [-0.3, -0.25) is 4.79 Å². The molecule has 0 spiro atoms. The lowest BCUT2D eigenvalue weighted by atomic mass is 10.3. The van der Waals surface area contributed by atoms with Crippen LogP contribution in [0, 0.1) is 0 Å². The molecule has 0 atom stereocenters. The Balaban J connectivity index is 3.10. The number of nitrogen functional groups attached to an aromatic ring is 1. The van der Waals surface area contributed by atoms with Crippen LogP contribution in [0.25, 0.3) is 0 Å². The number of ether oxygens (including phenoxy) is 1. The Morgan fingerprint density at radius 1 is 1.47 bits per heavy atom. The lowest BCUT2D eigenvalue weighted by molar-refractivity contribution is -0.116. The van der Waals surface area contributed by atoms with Crippen LogP contribution in [0.1, 0.15) is 0 Å². The van der Waals surface area contributed by atoms with Crippen LogP contribution < -0.4 is 20.9 Å². The summed E-state index contributed by atoms with van der Waals surface area (Å²) in [6.45, 7) is -0.476. The van der Waals surface area contributed by atoms with E-state index in [1.165, 1.54) is 25.3 Å². The first-order valence-electron chi connectivity index (χ1n) is 4.58. The first kappa shape index (κ1) is 13.3. The zero-order valence-corrected chi connectivity index (χ0v) is 9.95. The topological polar surface area (TPSA) is 125 Å². The van der Waals surface area contributed by atoms with Crippen molar-refractivity contribution < 1.29 is 17.9 Å². The summed E-state index contributed by atoms with van der Waals surface area (Å²) in [6, 6.07) is 4.08. The van der Waals surface area contributed by atoms with Gasteiger partial charge in [0.15, 0.2) is 0 Å². The number of rotatable bonds is 5. The summed E-state index contributed by atoms with van der Waals surface area (Å²) in [5.41, 5.74) is 10.7. The highest BCUT2D eigenvalue weighted by atomic mass is 32.2. The van der Waals surface area contributed by atoms with Gasteiger partial charge in [0.1, 0.15) is 10.6 Å². The van der Waals surface area contributed by atoms with Gasteiger partial charge in [0.25, 0.3) is 0 Å². The summed E-state index contributed by atoms with van der Waals surface area (Å²) in [4.78, 5) is 10.4. The third-order valence-corrected chi connectivity index (χ3v) is 3.35. The monoisotopic (exact) mass is 259 g/mol. The molecule has 7 nitrogen and oxygen atoms in total. The van der Waals surface area contributed by atoms with Crippen molar-refractivity contribution in [1.82, 2.24) is 4.72 Å². The zero-order chi connectivity index (χ0) is 13.1. The Bertz CT molecular complexity index is 527. The zero-order valence-electron chi connectivity index (χ0n) is 9.14. The molecule has 1 aromatic carbocycles. The number of sulfonamides is 1. The fraction of sp³-hybridized carbons (Fsp3) is 0.222. The highest BCUT2D eigenvalue weighted by Crippen LogP contribution is 2.25. The van der Waals surface area contributed by atoms with Crippen molar-refractivity contribution in [3.05, 3.63) is 18.2 Å². The van der Waals surface area contributed by atoms with Crippen molar-refractivity contribution in [2.24, 2.45) is 5.73 Å². The maximum atomic E-state index is 11.8. The van der Waals surface area contributed by atoms with Crippen molar-refractivity contribution in [1.29, 1.82) is 0 Å². The molecule has 0 aliphatic carbocycles. The van der Waals surface area contributed by atoms with Crippen LogP contribution in [-0.4, -0.2) is 28.0 Å². The number of carbonyl (C=O) groups is 1. The van der Waals surface area contributed by atoms with Gasteiger partial charge >= 0.3 is 0 Å². The minimum Gasteiger partial charge on any atom is -0.495 e. The Hall–Kier alpha value is -1.80. The second-order valence-electron chi connectivity index (χ2n) is 3.20. The van der Waals surface area contributed by atoms with Crippen LogP contribution in [0.5, 0.6) is 5.75 Å². The molecule has 0 saturated heterocycles. The molecule has 1 rings (SSSR count). The first-order valence-corrected chi connectivity index (χ1v) is 6.06. The Kier molecular flexibility index (Phi) is 3.92. The lowest BCUT2D eigenvalue weighted by Crippen LogP contribution is -2.33. The molecule has 0 aromatic heterocycles. The van der Waals surface area contributed by atoms with E-state index in [1.807, 2.05) is 4.72 Å². The van der Waals surface area contributed by atoms with E-state index in [0.29, 0.717) is 5.69 Å². The van der Waals surface area contributed by atoms with Crippen molar-refractivity contribution in [2.45, 2.75) is 4.90 Å². The highest BCUT2D eigenvalue weighted by Gasteiger charge is 2.19. The van der Waals surface area contributed by atoms with Gasteiger partial charge < -0.3 is 16.2 Å². The smallest absolute Gasteiger partial charge is 0.244 e. The summed E-state index contributed by atoms with van der Waals surface area (Å²) in [5.74, 6) is -0.676. The van der Waals surface area contributed by atoms with Crippen molar-refractivity contribution in [3.8, 4) is 5.75 Å². The number of hydrogen-bond donors (Lipinski definition) is 3. The molecule has 0 saturated carbocycles. The van der Waals surface area contributed by atoms with Gasteiger partial charge in [-0.15, -0.1) is 0 Å². The minimum atomic E-state index is -3.85. The molecular formula is C9H13N3O4S. The molecule has 0 bridgehead atoms. The number of hydrogen-bond acceptors (Lipinski definition) is 5. The van der Waals surface area contributed by atoms with E-state index < -0.39 is 22.5 Å². The number of anilines is 1. The van der Waals surface area contributed by atoms with Gasteiger partial charge in [-0.05, 0) is 12.1 Å². The highest BCUT2D eigenvalue weighted by molar-refractivity contribution is 7.89. The molecule has 1 aromatic rings. The Morgan fingerprint density at radius 2 is 2.12 bits per heavy atom. The summed E-state index contributed by atoms with van der Waals surface area (Å²) in [5, 5.41) is 0. The summed E-state index contributed by atoms with van der Waals surface area (Å²) in [7, 11) is -2.52. The van der Waals surface area contributed by atoms with Gasteiger partial charge in [0.2, 0.25) is 15.9 Å². The van der Waals surface area contributed by atoms with Gasteiger partial charge in [0, 0.05) is 11.8 Å². The van der Waals surface area contributed by atoms with E-state index in [-0.39, 0.29) is 10.6 Å². The van der Waals surface area contributed by atoms with Crippen molar-refractivity contribution in [3.63, 3.8) is 0 Å². The molecule has 0 aliphatic heterocycles. The number of amides is 1. The van der Waals surface area contributed by atoms with Crippen LogP contribution in [0.15, 0.2) is 23.1 Å². The van der Waals surface area contributed by atoms with E-state index in [4.69, 9.17) is 16.2 Å². The van der Waals surface area contributed by atoms with Crippen molar-refractivity contribution >= 4 is 21.6 Å². The van der Waals surface area contributed by atoms with Crippen LogP contribution in [0.4, 0.5) is 5.69 Å². The second-order valence-corrected chi connectivity index (χ2v) is 4.94. The molecule has 94 valence electrons.